The van der Waals surface area contributed by atoms with Gasteiger partial charge < -0.3 is 14.8 Å². The zero-order valence-electron chi connectivity index (χ0n) is 24.3. The van der Waals surface area contributed by atoms with Gasteiger partial charge in [-0.1, -0.05) is 54.6 Å². The molecule has 0 spiro atoms. The van der Waals surface area contributed by atoms with Crippen LogP contribution < -0.4 is 16.0 Å². The number of nitrogens with one attached hydrogen (secondary N) is 3. The van der Waals surface area contributed by atoms with Gasteiger partial charge in [-0.2, -0.15) is 0 Å². The summed E-state index contributed by atoms with van der Waals surface area (Å²) in [5.41, 5.74) is -0.0858. The molecule has 0 fully saturated rings. The molecule has 8 nitrogen and oxygen atoms in total. The molecule has 0 bridgehead atoms. The van der Waals surface area contributed by atoms with Gasteiger partial charge in [0.1, 0.15) is 11.2 Å². The third kappa shape index (κ3) is 7.82. The van der Waals surface area contributed by atoms with Gasteiger partial charge in [-0.25, -0.2) is 9.59 Å². The number of carbonyl (C=O) groups excluding carboxylic acids is 2. The number of amides is 2. The molecule has 4 aromatic carbocycles. The van der Waals surface area contributed by atoms with E-state index in [1.807, 2.05) is 0 Å². The van der Waals surface area contributed by atoms with Gasteiger partial charge in [-0.3, -0.25) is 15.6 Å². The van der Waals surface area contributed by atoms with Gasteiger partial charge in [0.2, 0.25) is 5.96 Å². The molecule has 0 aliphatic heterocycles. The first-order valence-electron chi connectivity index (χ1n) is 13.8. The van der Waals surface area contributed by atoms with Crippen LogP contribution in [0.1, 0.15) is 59.9 Å². The molecule has 8 heteroatoms. The number of benzene rings is 4. The van der Waals surface area contributed by atoms with Gasteiger partial charge in [-0.05, 0) is 98.8 Å². The molecule has 0 aliphatic rings. The number of aliphatic imine (C=N–C) groups is 1. The van der Waals surface area contributed by atoms with Crippen LogP contribution in [-0.2, 0) is 16.0 Å². The number of nitrogens with zero attached hydrogens (tertiary/aromatic N) is 1. The Kier molecular flexibility index (Phi) is 8.79. The fraction of sp³-hybridized carbons (Fsp3) is 0.406. The van der Waals surface area contributed by atoms with Crippen molar-refractivity contribution in [2.75, 3.05) is 13.1 Å². The van der Waals surface area contributed by atoms with Crippen LogP contribution in [0.4, 0.5) is 9.59 Å². The normalized spacial score (nSPS) is 12.1. The maximum absolute atomic E-state index is 12.2. The van der Waals surface area contributed by atoms with E-state index in [4.69, 9.17) is 9.47 Å². The van der Waals surface area contributed by atoms with Crippen molar-refractivity contribution in [2.45, 2.75) is 72.1 Å². The van der Waals surface area contributed by atoms with Crippen LogP contribution in [0.15, 0.2) is 59.6 Å². The molecule has 0 saturated heterocycles. The molecular weight excluding hydrogens is 504 g/mol. The fourth-order valence-corrected chi connectivity index (χ4v) is 4.64. The minimum Gasteiger partial charge on any atom is -0.444 e. The first-order chi connectivity index (χ1) is 18.9. The van der Waals surface area contributed by atoms with Crippen molar-refractivity contribution in [3.63, 3.8) is 0 Å². The van der Waals surface area contributed by atoms with Crippen molar-refractivity contribution < 1.29 is 19.1 Å². The number of hydrogen-bond donors (Lipinski definition) is 3. The zero-order chi connectivity index (χ0) is 28.9. The van der Waals surface area contributed by atoms with Gasteiger partial charge in [0.15, 0.2) is 0 Å². The summed E-state index contributed by atoms with van der Waals surface area (Å²) in [7, 11) is 0. The van der Waals surface area contributed by atoms with Crippen LogP contribution in [0.25, 0.3) is 32.3 Å². The second-order valence-corrected chi connectivity index (χ2v) is 11.9. The van der Waals surface area contributed by atoms with Gasteiger partial charge in [0, 0.05) is 13.1 Å². The summed E-state index contributed by atoms with van der Waals surface area (Å²) >= 11 is 0. The highest BCUT2D eigenvalue weighted by Gasteiger charge is 2.21. The van der Waals surface area contributed by atoms with Crippen LogP contribution in [0.3, 0.4) is 0 Å². The summed E-state index contributed by atoms with van der Waals surface area (Å²) in [6.45, 7) is 12.6. The van der Waals surface area contributed by atoms with E-state index in [9.17, 15) is 9.59 Å². The number of ether oxygens (including phenoxy) is 2. The Morgan fingerprint density at radius 1 is 0.725 bits per heavy atom. The highest BCUT2D eigenvalue weighted by molar-refractivity contribution is 6.23. The predicted molar refractivity (Wildman–Crippen MR) is 162 cm³/mol. The average Bonchev–Trinajstić information content (AvgIpc) is 2.84. The summed E-state index contributed by atoms with van der Waals surface area (Å²) in [6, 6.07) is 19.7. The molecule has 4 rings (SSSR count). The highest BCUT2D eigenvalue weighted by atomic mass is 16.6. The molecule has 40 heavy (non-hydrogen) atoms. The molecule has 0 radical (unpaired) electrons. The van der Waals surface area contributed by atoms with Crippen molar-refractivity contribution in [3.05, 3.63) is 60.2 Å². The molecule has 4 aromatic rings. The van der Waals surface area contributed by atoms with Gasteiger partial charge >= 0.3 is 12.2 Å². The lowest BCUT2D eigenvalue weighted by atomic mass is 9.92. The minimum atomic E-state index is -0.697. The molecular formula is C32H40N4O4. The van der Waals surface area contributed by atoms with Crippen molar-refractivity contribution in [1.29, 1.82) is 0 Å². The van der Waals surface area contributed by atoms with Crippen molar-refractivity contribution in [1.82, 2.24) is 16.0 Å². The van der Waals surface area contributed by atoms with Crippen LogP contribution >= 0.6 is 0 Å². The maximum Gasteiger partial charge on any atom is 0.414 e. The maximum atomic E-state index is 12.2. The molecule has 3 N–H and O–H groups in total. The molecule has 0 unspecified atom stereocenters. The van der Waals surface area contributed by atoms with E-state index in [1.165, 1.54) is 37.9 Å². The van der Waals surface area contributed by atoms with E-state index >= 15 is 0 Å². The number of alkyl carbamates (subject to hydrolysis) is 2. The van der Waals surface area contributed by atoms with E-state index in [0.29, 0.717) is 6.54 Å². The van der Waals surface area contributed by atoms with Crippen LogP contribution in [0.2, 0.25) is 0 Å². The average molecular weight is 545 g/mol. The molecule has 0 atom stereocenters. The Morgan fingerprint density at radius 2 is 1.27 bits per heavy atom. The lowest BCUT2D eigenvalue weighted by Crippen LogP contribution is -2.47. The van der Waals surface area contributed by atoms with Crippen LogP contribution in [0.5, 0.6) is 0 Å². The van der Waals surface area contributed by atoms with E-state index in [0.717, 1.165) is 25.9 Å². The third-order valence-electron chi connectivity index (χ3n) is 6.20. The molecule has 0 heterocycles. The highest BCUT2D eigenvalue weighted by Crippen LogP contribution is 2.35. The molecule has 0 aliphatic carbocycles. The lowest BCUT2D eigenvalue weighted by molar-refractivity contribution is 0.0545. The summed E-state index contributed by atoms with van der Waals surface area (Å²) < 4.78 is 10.6. The Hall–Kier alpha value is -3.91. The van der Waals surface area contributed by atoms with Gasteiger partial charge in [0.25, 0.3) is 0 Å². The van der Waals surface area contributed by atoms with E-state index in [1.54, 1.807) is 41.5 Å². The number of unbranched alkanes of at least 4 members (excludes halogenated alkanes) is 1. The predicted octanol–water partition coefficient (Wildman–Crippen LogP) is 6.86. The first-order valence-corrected chi connectivity index (χ1v) is 13.8. The first kappa shape index (κ1) is 29.1. The topological polar surface area (TPSA) is 101 Å². The third-order valence-corrected chi connectivity index (χ3v) is 6.20. The summed E-state index contributed by atoms with van der Waals surface area (Å²) in [4.78, 5) is 28.8. The smallest absolute Gasteiger partial charge is 0.414 e. The monoisotopic (exact) mass is 544 g/mol. The van der Waals surface area contributed by atoms with Crippen LogP contribution in [-0.4, -0.2) is 42.4 Å². The SMILES string of the molecule is CC(C)(C)OC(=O)NC(=NCCCCNCc1ccc2ccc3cccc4ccc1c2c34)NC(=O)OC(C)(C)C. The van der Waals surface area contributed by atoms with Crippen molar-refractivity contribution in [2.24, 2.45) is 4.99 Å². The summed E-state index contributed by atoms with van der Waals surface area (Å²) in [5.74, 6) is 0.00473. The standard InChI is InChI=1S/C32H40N4O4/c1-31(2,3)39-29(37)35-28(36-30(38)40-32(4,5)6)34-19-8-7-18-33-20-24-15-14-23-13-12-21-10-9-11-22-16-17-25(24)27(23)26(21)22/h9-17,33H,7-8,18-20H2,1-6H3,(H2,34,35,36,37,38). The fourth-order valence-electron chi connectivity index (χ4n) is 4.64. The Bertz CT molecular complexity index is 1470. The second kappa shape index (κ2) is 12.1. The van der Waals surface area contributed by atoms with E-state index in [2.05, 4.69) is 75.5 Å². The Morgan fingerprint density at radius 3 is 1.88 bits per heavy atom. The van der Waals surface area contributed by atoms with E-state index < -0.39 is 23.4 Å². The van der Waals surface area contributed by atoms with Crippen molar-refractivity contribution in [3.8, 4) is 0 Å². The minimum absolute atomic E-state index is 0.00473. The lowest BCUT2D eigenvalue weighted by Gasteiger charge is -2.22. The van der Waals surface area contributed by atoms with Gasteiger partial charge in [0.05, 0.1) is 0 Å². The zero-order valence-corrected chi connectivity index (χ0v) is 24.3. The van der Waals surface area contributed by atoms with Gasteiger partial charge in [-0.15, -0.1) is 0 Å². The van der Waals surface area contributed by atoms with E-state index in [-0.39, 0.29) is 5.96 Å². The molecule has 2 amide bonds. The number of rotatable bonds is 7. The largest absolute Gasteiger partial charge is 0.444 e. The molecule has 212 valence electrons. The number of carbonyl (C=O) groups is 2. The quantitative estimate of drug-likeness (QED) is 0.102. The summed E-state index contributed by atoms with van der Waals surface area (Å²) in [5, 5.41) is 16.3. The summed E-state index contributed by atoms with van der Waals surface area (Å²) in [6.07, 6.45) is 0.247. The van der Waals surface area contributed by atoms with Crippen molar-refractivity contribution >= 4 is 50.5 Å². The Labute approximate surface area is 235 Å². The van der Waals surface area contributed by atoms with Crippen LogP contribution in [0, 0.1) is 0 Å². The number of guanidine groups is 1. The second-order valence-electron chi connectivity index (χ2n) is 11.9. The number of hydrogen-bond acceptors (Lipinski definition) is 6. The Balaban J connectivity index is 1.32. The molecule has 0 saturated carbocycles. The molecule has 0 aromatic heterocycles.